The molecule has 0 aliphatic heterocycles. The number of aromatic nitrogens is 1. The van der Waals surface area contributed by atoms with Gasteiger partial charge in [-0.2, -0.15) is 0 Å². The average molecular weight is 276 g/mol. The van der Waals surface area contributed by atoms with Crippen LogP contribution in [0.15, 0.2) is 36.5 Å². The summed E-state index contributed by atoms with van der Waals surface area (Å²) < 4.78 is 0. The molecule has 0 spiro atoms. The van der Waals surface area contributed by atoms with E-state index in [9.17, 15) is 5.11 Å². The number of aryl methyl sites for hydroxylation is 1. The van der Waals surface area contributed by atoms with E-state index in [4.69, 9.17) is 0 Å². The molecule has 0 saturated heterocycles. The Morgan fingerprint density at radius 3 is 2.63 bits per heavy atom. The van der Waals surface area contributed by atoms with Gasteiger partial charge in [-0.15, -0.1) is 11.3 Å². The minimum Gasteiger partial charge on any atom is -0.396 e. The highest BCUT2D eigenvalue weighted by Crippen LogP contribution is 2.25. The van der Waals surface area contributed by atoms with Crippen molar-refractivity contribution in [2.24, 2.45) is 0 Å². The van der Waals surface area contributed by atoms with Gasteiger partial charge in [0.25, 0.3) is 0 Å². The summed E-state index contributed by atoms with van der Waals surface area (Å²) in [5.74, 6) is 0. The average Bonchev–Trinajstić information content (AvgIpc) is 2.82. The van der Waals surface area contributed by atoms with Crippen LogP contribution in [-0.2, 0) is 6.54 Å². The molecule has 2 aromatic rings. The molecule has 1 aromatic heterocycles. The third-order valence-electron chi connectivity index (χ3n) is 3.19. The minimum absolute atomic E-state index is 0.200. The highest BCUT2D eigenvalue weighted by molar-refractivity contribution is 7.11. The van der Waals surface area contributed by atoms with Gasteiger partial charge >= 0.3 is 0 Å². The predicted octanol–water partition coefficient (Wildman–Crippen LogP) is 3.01. The Balaban J connectivity index is 2.10. The summed E-state index contributed by atoms with van der Waals surface area (Å²) >= 11 is 1.73. The summed E-state index contributed by atoms with van der Waals surface area (Å²) in [6, 6.07) is 10.6. The highest BCUT2D eigenvalue weighted by Gasteiger charge is 2.17. The third kappa shape index (κ3) is 3.86. The van der Waals surface area contributed by atoms with Gasteiger partial charge in [-0.25, -0.2) is 4.98 Å². The maximum absolute atomic E-state index is 9.28. The van der Waals surface area contributed by atoms with Gasteiger partial charge in [0.1, 0.15) is 0 Å². The molecule has 1 N–H and O–H groups in total. The van der Waals surface area contributed by atoms with Crippen LogP contribution >= 0.6 is 11.3 Å². The predicted molar refractivity (Wildman–Crippen MR) is 79.2 cm³/mol. The first-order valence-corrected chi connectivity index (χ1v) is 7.29. The van der Waals surface area contributed by atoms with E-state index in [1.165, 1.54) is 10.4 Å². The molecule has 3 nitrogen and oxygen atoms in total. The molecule has 102 valence electrons. The Kier molecular flexibility index (Phi) is 5.07. The van der Waals surface area contributed by atoms with E-state index in [0.717, 1.165) is 18.0 Å². The minimum atomic E-state index is 0.200. The summed E-state index contributed by atoms with van der Waals surface area (Å²) in [4.78, 5) is 7.83. The molecule has 4 heteroatoms. The number of nitrogens with zero attached hydrogens (tertiary/aromatic N) is 2. The second-order valence-corrected chi connectivity index (χ2v) is 6.02. The van der Waals surface area contributed by atoms with Crippen molar-refractivity contribution in [1.29, 1.82) is 0 Å². The Morgan fingerprint density at radius 1 is 1.32 bits per heavy atom. The zero-order valence-electron chi connectivity index (χ0n) is 11.4. The molecule has 0 amide bonds. The largest absolute Gasteiger partial charge is 0.396 e. The summed E-state index contributed by atoms with van der Waals surface area (Å²) in [5.41, 5.74) is 1.25. The van der Waals surface area contributed by atoms with Crippen LogP contribution in [-0.4, -0.2) is 28.6 Å². The zero-order valence-corrected chi connectivity index (χ0v) is 12.2. The van der Waals surface area contributed by atoms with Gasteiger partial charge in [0.2, 0.25) is 0 Å². The van der Waals surface area contributed by atoms with Gasteiger partial charge < -0.3 is 5.11 Å². The van der Waals surface area contributed by atoms with Crippen LogP contribution in [0.5, 0.6) is 0 Å². The van der Waals surface area contributed by atoms with Gasteiger partial charge in [-0.05, 0) is 26.0 Å². The number of hydrogen-bond acceptors (Lipinski definition) is 4. The lowest BCUT2D eigenvalue weighted by Gasteiger charge is -2.27. The molecule has 1 heterocycles. The van der Waals surface area contributed by atoms with Crippen molar-refractivity contribution in [1.82, 2.24) is 9.88 Å². The molecule has 0 radical (unpaired) electrons. The first-order valence-electron chi connectivity index (χ1n) is 6.48. The van der Waals surface area contributed by atoms with Crippen molar-refractivity contribution in [3.8, 4) is 0 Å². The number of benzene rings is 1. The van der Waals surface area contributed by atoms with Crippen LogP contribution in [0.2, 0.25) is 0 Å². The molecule has 1 unspecified atom stereocenters. The monoisotopic (exact) mass is 276 g/mol. The first kappa shape index (κ1) is 14.2. The molecular formula is C15H20N2OS. The Bertz CT molecular complexity index is 498. The lowest BCUT2D eigenvalue weighted by molar-refractivity contribution is 0.181. The van der Waals surface area contributed by atoms with E-state index >= 15 is 0 Å². The van der Waals surface area contributed by atoms with Crippen molar-refractivity contribution in [3.05, 3.63) is 52.0 Å². The lowest BCUT2D eigenvalue weighted by Crippen LogP contribution is -2.24. The van der Waals surface area contributed by atoms with Crippen molar-refractivity contribution < 1.29 is 5.11 Å². The fraction of sp³-hybridized carbons (Fsp3) is 0.400. The van der Waals surface area contributed by atoms with E-state index in [-0.39, 0.29) is 12.6 Å². The van der Waals surface area contributed by atoms with E-state index in [2.05, 4.69) is 29.1 Å². The van der Waals surface area contributed by atoms with Crippen LogP contribution in [0.3, 0.4) is 0 Å². The van der Waals surface area contributed by atoms with Crippen molar-refractivity contribution in [3.63, 3.8) is 0 Å². The molecule has 19 heavy (non-hydrogen) atoms. The zero-order chi connectivity index (χ0) is 13.7. The van der Waals surface area contributed by atoms with Gasteiger partial charge in [0, 0.05) is 30.3 Å². The van der Waals surface area contributed by atoms with Crippen molar-refractivity contribution in [2.45, 2.75) is 25.9 Å². The number of thiazole rings is 1. The molecule has 0 bridgehead atoms. The fourth-order valence-corrected chi connectivity index (χ4v) is 3.13. The third-order valence-corrected chi connectivity index (χ3v) is 4.09. The quantitative estimate of drug-likeness (QED) is 0.881. The smallest absolute Gasteiger partial charge is 0.0897 e. The number of aliphatic hydroxyl groups is 1. The lowest BCUT2D eigenvalue weighted by atomic mass is 10.0. The summed E-state index contributed by atoms with van der Waals surface area (Å²) in [6.45, 7) is 3.09. The van der Waals surface area contributed by atoms with Crippen LogP contribution in [0.1, 0.15) is 27.9 Å². The van der Waals surface area contributed by atoms with E-state index in [1.807, 2.05) is 31.3 Å². The molecular weight excluding hydrogens is 256 g/mol. The van der Waals surface area contributed by atoms with Crippen LogP contribution in [0, 0.1) is 6.92 Å². The molecule has 1 atom stereocenters. The Morgan fingerprint density at radius 2 is 2.05 bits per heavy atom. The topological polar surface area (TPSA) is 36.4 Å². The van der Waals surface area contributed by atoms with Crippen molar-refractivity contribution >= 4 is 11.3 Å². The second kappa shape index (κ2) is 6.80. The first-order chi connectivity index (χ1) is 9.20. The molecule has 0 aliphatic rings. The van der Waals surface area contributed by atoms with Crippen LogP contribution < -0.4 is 0 Å². The van der Waals surface area contributed by atoms with Crippen LogP contribution in [0.25, 0.3) is 0 Å². The molecule has 0 aliphatic carbocycles. The SMILES string of the molecule is Cc1ncc(CN(C)C(CCO)c2ccccc2)s1. The van der Waals surface area contributed by atoms with Gasteiger partial charge in [-0.3, -0.25) is 4.90 Å². The molecule has 1 aromatic carbocycles. The van der Waals surface area contributed by atoms with Gasteiger partial charge in [0.05, 0.1) is 5.01 Å². The summed E-state index contributed by atoms with van der Waals surface area (Å²) in [5, 5.41) is 10.4. The summed E-state index contributed by atoms with van der Waals surface area (Å²) in [7, 11) is 2.10. The Hall–Kier alpha value is -1.23. The standard InChI is InChI=1S/C15H20N2OS/c1-12-16-10-14(19-12)11-17(2)15(8-9-18)13-6-4-3-5-7-13/h3-7,10,15,18H,8-9,11H2,1-2H3. The van der Waals surface area contributed by atoms with E-state index in [1.54, 1.807) is 11.3 Å². The van der Waals surface area contributed by atoms with Crippen molar-refractivity contribution in [2.75, 3.05) is 13.7 Å². The number of aliphatic hydroxyl groups excluding tert-OH is 1. The second-order valence-electron chi connectivity index (χ2n) is 4.70. The summed E-state index contributed by atoms with van der Waals surface area (Å²) in [6.07, 6.45) is 2.69. The molecule has 2 rings (SSSR count). The van der Waals surface area contributed by atoms with Gasteiger partial charge in [0.15, 0.2) is 0 Å². The van der Waals surface area contributed by atoms with Gasteiger partial charge in [-0.1, -0.05) is 30.3 Å². The number of rotatable bonds is 6. The fourth-order valence-electron chi connectivity index (χ4n) is 2.27. The Labute approximate surface area is 118 Å². The normalized spacial score (nSPS) is 12.8. The molecule has 0 fully saturated rings. The van der Waals surface area contributed by atoms with E-state index in [0.29, 0.717) is 0 Å². The van der Waals surface area contributed by atoms with E-state index < -0.39 is 0 Å². The molecule has 0 saturated carbocycles. The highest BCUT2D eigenvalue weighted by atomic mass is 32.1. The van der Waals surface area contributed by atoms with Crippen LogP contribution in [0.4, 0.5) is 0 Å². The number of hydrogen-bond donors (Lipinski definition) is 1. The maximum Gasteiger partial charge on any atom is 0.0897 e. The maximum atomic E-state index is 9.28.